The summed E-state index contributed by atoms with van der Waals surface area (Å²) < 4.78 is 0. The van der Waals surface area contributed by atoms with Crippen LogP contribution in [-0.4, -0.2) is 9.98 Å². The second-order valence-electron chi connectivity index (χ2n) is 2.91. The maximum Gasteiger partial charge on any atom is 0.0766 e. The lowest BCUT2D eigenvalue weighted by atomic mass is 10.2. The van der Waals surface area contributed by atoms with E-state index in [2.05, 4.69) is 10.6 Å². The van der Waals surface area contributed by atoms with E-state index < -0.39 is 0 Å². The highest BCUT2D eigenvalue weighted by Gasteiger charge is 2.00. The van der Waals surface area contributed by atoms with Crippen molar-refractivity contribution in [2.24, 2.45) is 0 Å². The van der Waals surface area contributed by atoms with E-state index in [0.717, 1.165) is 21.4 Å². The van der Waals surface area contributed by atoms with E-state index in [1.807, 2.05) is 38.1 Å². The van der Waals surface area contributed by atoms with Gasteiger partial charge >= 0.3 is 0 Å². The Morgan fingerprint density at radius 1 is 0.929 bits per heavy atom. The molecule has 0 fully saturated rings. The van der Waals surface area contributed by atoms with E-state index in [1.54, 1.807) is 0 Å². The molecule has 1 aromatic rings. The molecule has 0 heterocycles. The van der Waals surface area contributed by atoms with Crippen LogP contribution in [0.25, 0.3) is 0 Å². The molecule has 0 unspecified atom stereocenters. The van der Waals surface area contributed by atoms with Gasteiger partial charge in [-0.25, -0.2) is 0 Å². The molecule has 1 aromatic carbocycles. The second kappa shape index (κ2) is 5.02. The fourth-order valence-electron chi connectivity index (χ4n) is 1.08. The molecule has 2 nitrogen and oxygen atoms in total. The Morgan fingerprint density at radius 2 is 1.29 bits per heavy atom. The van der Waals surface area contributed by atoms with Gasteiger partial charge in [0.25, 0.3) is 0 Å². The largest absolute Gasteiger partial charge is 0.349 e. The van der Waals surface area contributed by atoms with E-state index >= 15 is 0 Å². The van der Waals surface area contributed by atoms with Crippen LogP contribution in [-0.2, 0) is 0 Å². The standard InChI is InChI=1S/C10H12N2S2/c1-7(13)11-9-5-3-4-6-10(9)12-8(2)14/h3-6H,1-2H3,(H,11,13)(H,12,14). The lowest BCUT2D eigenvalue weighted by molar-refractivity contribution is 1.59. The van der Waals surface area contributed by atoms with E-state index in [9.17, 15) is 0 Å². The van der Waals surface area contributed by atoms with Crippen LogP contribution in [0.2, 0.25) is 0 Å². The summed E-state index contributed by atoms with van der Waals surface area (Å²) in [6.07, 6.45) is 0. The molecule has 4 heteroatoms. The summed E-state index contributed by atoms with van der Waals surface area (Å²) in [4.78, 5) is 1.47. The highest BCUT2D eigenvalue weighted by atomic mass is 32.1. The number of anilines is 2. The minimum atomic E-state index is 0.737. The third-order valence-electron chi connectivity index (χ3n) is 1.55. The summed E-state index contributed by atoms with van der Waals surface area (Å²) in [6.45, 7) is 3.69. The Balaban J connectivity index is 2.90. The number of benzene rings is 1. The van der Waals surface area contributed by atoms with Crippen LogP contribution in [0.5, 0.6) is 0 Å². The summed E-state index contributed by atoms with van der Waals surface area (Å²) in [5.74, 6) is 0. The maximum absolute atomic E-state index is 4.98. The molecule has 2 N–H and O–H groups in total. The van der Waals surface area contributed by atoms with Gasteiger partial charge in [-0.05, 0) is 26.0 Å². The molecule has 0 saturated carbocycles. The molecule has 0 bridgehead atoms. The van der Waals surface area contributed by atoms with E-state index in [-0.39, 0.29) is 0 Å². The van der Waals surface area contributed by atoms with E-state index in [1.165, 1.54) is 0 Å². The molecule has 0 aliphatic heterocycles. The molecule has 14 heavy (non-hydrogen) atoms. The van der Waals surface area contributed by atoms with Gasteiger partial charge in [0.2, 0.25) is 0 Å². The van der Waals surface area contributed by atoms with Crippen LogP contribution in [0.1, 0.15) is 13.8 Å². The molecule has 1 rings (SSSR count). The summed E-state index contributed by atoms with van der Waals surface area (Å²) >= 11 is 9.96. The minimum absolute atomic E-state index is 0.737. The summed E-state index contributed by atoms with van der Waals surface area (Å²) in [5.41, 5.74) is 1.90. The van der Waals surface area contributed by atoms with Crippen molar-refractivity contribution in [3.63, 3.8) is 0 Å². The Bertz CT molecular complexity index is 326. The van der Waals surface area contributed by atoms with Gasteiger partial charge in [-0.1, -0.05) is 36.6 Å². The number of hydrogen-bond donors (Lipinski definition) is 2. The van der Waals surface area contributed by atoms with Gasteiger partial charge in [0.1, 0.15) is 0 Å². The van der Waals surface area contributed by atoms with Gasteiger partial charge in [-0.2, -0.15) is 0 Å². The Morgan fingerprint density at radius 3 is 1.57 bits per heavy atom. The summed E-state index contributed by atoms with van der Waals surface area (Å²) in [5, 5.41) is 6.18. The maximum atomic E-state index is 4.98. The van der Waals surface area contributed by atoms with E-state index in [4.69, 9.17) is 24.4 Å². The van der Waals surface area contributed by atoms with E-state index in [0.29, 0.717) is 0 Å². The van der Waals surface area contributed by atoms with Crippen LogP contribution >= 0.6 is 24.4 Å². The van der Waals surface area contributed by atoms with Gasteiger partial charge in [-0.15, -0.1) is 0 Å². The van der Waals surface area contributed by atoms with Crippen molar-refractivity contribution < 1.29 is 0 Å². The third kappa shape index (κ3) is 3.40. The predicted octanol–water partition coefficient (Wildman–Crippen LogP) is 3.21. The zero-order chi connectivity index (χ0) is 10.6. The fraction of sp³-hybridized carbons (Fsp3) is 0.200. The summed E-state index contributed by atoms with van der Waals surface area (Å²) in [7, 11) is 0. The molecular weight excluding hydrogens is 212 g/mol. The van der Waals surface area contributed by atoms with Crippen molar-refractivity contribution in [2.75, 3.05) is 10.6 Å². The molecule has 74 valence electrons. The Hall–Kier alpha value is -1.00. The SMILES string of the molecule is CC(=S)Nc1ccccc1NC(C)=S. The zero-order valence-electron chi connectivity index (χ0n) is 8.13. The summed E-state index contributed by atoms with van der Waals surface area (Å²) in [6, 6.07) is 7.81. The normalized spacial score (nSPS) is 9.29. The van der Waals surface area contributed by atoms with Gasteiger partial charge in [0.15, 0.2) is 0 Å². The Kier molecular flexibility index (Phi) is 3.98. The van der Waals surface area contributed by atoms with Gasteiger partial charge in [0, 0.05) is 0 Å². The fourth-order valence-corrected chi connectivity index (χ4v) is 1.30. The number of para-hydroxylation sites is 2. The van der Waals surface area contributed by atoms with Crippen molar-refractivity contribution in [3.05, 3.63) is 24.3 Å². The van der Waals surface area contributed by atoms with Crippen molar-refractivity contribution in [1.29, 1.82) is 0 Å². The molecule has 0 saturated heterocycles. The molecule has 0 radical (unpaired) electrons. The highest BCUT2D eigenvalue weighted by molar-refractivity contribution is 7.80. The number of rotatable bonds is 2. The van der Waals surface area contributed by atoms with Crippen LogP contribution in [0.4, 0.5) is 11.4 Å². The van der Waals surface area contributed by atoms with Crippen molar-refractivity contribution in [1.82, 2.24) is 0 Å². The highest BCUT2D eigenvalue weighted by Crippen LogP contribution is 2.20. The van der Waals surface area contributed by atoms with Crippen molar-refractivity contribution >= 4 is 45.8 Å². The van der Waals surface area contributed by atoms with Crippen LogP contribution in [0, 0.1) is 0 Å². The van der Waals surface area contributed by atoms with Crippen LogP contribution < -0.4 is 10.6 Å². The first-order chi connectivity index (χ1) is 6.59. The quantitative estimate of drug-likeness (QED) is 0.753. The first-order valence-corrected chi connectivity index (χ1v) is 5.05. The lowest BCUT2D eigenvalue weighted by Crippen LogP contribution is -2.09. The zero-order valence-corrected chi connectivity index (χ0v) is 9.76. The smallest absolute Gasteiger partial charge is 0.0766 e. The topological polar surface area (TPSA) is 24.1 Å². The molecule has 0 amide bonds. The van der Waals surface area contributed by atoms with Crippen molar-refractivity contribution in [3.8, 4) is 0 Å². The van der Waals surface area contributed by atoms with Crippen LogP contribution in [0.3, 0.4) is 0 Å². The van der Waals surface area contributed by atoms with Gasteiger partial charge in [-0.3, -0.25) is 0 Å². The average molecular weight is 224 g/mol. The minimum Gasteiger partial charge on any atom is -0.349 e. The first kappa shape index (κ1) is 11.1. The van der Waals surface area contributed by atoms with Crippen molar-refractivity contribution in [2.45, 2.75) is 13.8 Å². The lowest BCUT2D eigenvalue weighted by Gasteiger charge is -2.11. The monoisotopic (exact) mass is 224 g/mol. The first-order valence-electron chi connectivity index (χ1n) is 4.24. The third-order valence-corrected chi connectivity index (χ3v) is 1.75. The number of thiocarbonyl (C=S) groups is 2. The average Bonchev–Trinajstić information content (AvgIpc) is 2.06. The molecular formula is C10H12N2S2. The Labute approximate surface area is 94.7 Å². The molecule has 0 aliphatic carbocycles. The van der Waals surface area contributed by atoms with Crippen LogP contribution in [0.15, 0.2) is 24.3 Å². The molecule has 0 spiro atoms. The number of nitrogens with one attached hydrogen (secondary N) is 2. The van der Waals surface area contributed by atoms with Gasteiger partial charge in [0.05, 0.1) is 21.4 Å². The van der Waals surface area contributed by atoms with Gasteiger partial charge < -0.3 is 10.6 Å². The predicted molar refractivity (Wildman–Crippen MR) is 70.2 cm³/mol. The number of hydrogen-bond acceptors (Lipinski definition) is 2. The molecule has 0 aliphatic rings. The second-order valence-corrected chi connectivity index (χ2v) is 4.13. The molecule has 0 atom stereocenters. The molecule has 0 aromatic heterocycles.